The van der Waals surface area contributed by atoms with Crippen molar-refractivity contribution in [2.45, 2.75) is 43.4 Å². The Morgan fingerprint density at radius 3 is 2.44 bits per heavy atom. The maximum absolute atomic E-state index is 13.9. The van der Waals surface area contributed by atoms with Crippen LogP contribution in [0.4, 0.5) is 5.69 Å². The van der Waals surface area contributed by atoms with Crippen molar-refractivity contribution >= 4 is 40.8 Å². The molecule has 4 amide bonds. The number of carbonyl (C=O) groups excluding carboxylic acids is 5. The number of amides is 4. The highest BCUT2D eigenvalue weighted by Crippen LogP contribution is 2.39. The number of likely N-dealkylation sites (tertiary alicyclic amines) is 1. The lowest BCUT2D eigenvalue weighted by molar-refractivity contribution is -0.122. The Morgan fingerprint density at radius 2 is 1.72 bits per heavy atom. The van der Waals surface area contributed by atoms with Crippen molar-refractivity contribution in [1.29, 1.82) is 0 Å². The van der Waals surface area contributed by atoms with Crippen LogP contribution in [0.25, 0.3) is 0 Å². The Bertz CT molecular complexity index is 1670. The molecule has 1 spiro atoms. The molecule has 3 aliphatic rings. The van der Waals surface area contributed by atoms with Crippen molar-refractivity contribution in [2.75, 3.05) is 11.9 Å². The van der Waals surface area contributed by atoms with Crippen molar-refractivity contribution in [1.82, 2.24) is 10.2 Å². The maximum Gasteiger partial charge on any atom is 0.255 e. The molecule has 3 aromatic rings. The fraction of sp³-hybridized carbons (Fsp3) is 0.250. The Morgan fingerprint density at radius 1 is 0.977 bits per heavy atom. The van der Waals surface area contributed by atoms with E-state index in [1.165, 1.54) is 4.90 Å². The van der Waals surface area contributed by atoms with Crippen LogP contribution in [-0.4, -0.2) is 64.3 Å². The lowest BCUT2D eigenvalue weighted by Gasteiger charge is -2.24. The van der Waals surface area contributed by atoms with E-state index in [4.69, 9.17) is 10.6 Å². The zero-order valence-electron chi connectivity index (χ0n) is 23.1. The first-order valence-corrected chi connectivity index (χ1v) is 14.0. The van der Waals surface area contributed by atoms with Gasteiger partial charge in [-0.1, -0.05) is 65.8 Å². The number of ketones is 1. The normalized spacial score (nSPS) is 22.6. The van der Waals surface area contributed by atoms with E-state index < -0.39 is 29.5 Å². The third kappa shape index (κ3) is 5.49. The molecule has 0 aliphatic carbocycles. The summed E-state index contributed by atoms with van der Waals surface area (Å²) in [6.07, 6.45) is 1.18. The Kier molecular flexibility index (Phi) is 7.22. The van der Waals surface area contributed by atoms with Gasteiger partial charge in [-0.05, 0) is 24.6 Å². The number of anilines is 1. The van der Waals surface area contributed by atoms with Gasteiger partial charge in [0, 0.05) is 41.6 Å². The van der Waals surface area contributed by atoms with Crippen LogP contribution in [0.1, 0.15) is 57.5 Å². The molecule has 43 heavy (non-hydrogen) atoms. The summed E-state index contributed by atoms with van der Waals surface area (Å²) in [5.41, 5.74) is 7.42. The number of nitrogens with two attached hydrogens (primary N) is 1. The molecule has 0 aromatic heterocycles. The summed E-state index contributed by atoms with van der Waals surface area (Å²) in [5.74, 6) is -1.94. The van der Waals surface area contributed by atoms with Crippen molar-refractivity contribution in [3.05, 3.63) is 101 Å². The van der Waals surface area contributed by atoms with Crippen LogP contribution >= 0.6 is 0 Å². The molecular weight excluding hydrogens is 550 g/mol. The molecule has 2 fully saturated rings. The van der Waals surface area contributed by atoms with E-state index >= 15 is 0 Å². The number of rotatable bonds is 7. The second-order valence-corrected chi connectivity index (χ2v) is 11.0. The molecule has 3 heterocycles. The zero-order valence-corrected chi connectivity index (χ0v) is 23.1. The van der Waals surface area contributed by atoms with Gasteiger partial charge in [0.05, 0.1) is 17.8 Å². The summed E-state index contributed by atoms with van der Waals surface area (Å²) in [7, 11) is 0. The highest BCUT2D eigenvalue weighted by molar-refractivity contribution is 6.15. The predicted molar refractivity (Wildman–Crippen MR) is 156 cm³/mol. The number of carbonyl (C=O) groups is 5. The summed E-state index contributed by atoms with van der Waals surface area (Å²) in [6, 6.07) is 20.7. The van der Waals surface area contributed by atoms with Gasteiger partial charge in [-0.2, -0.15) is 0 Å². The Balaban J connectivity index is 1.20. The van der Waals surface area contributed by atoms with Crippen molar-refractivity contribution < 1.29 is 28.8 Å². The smallest absolute Gasteiger partial charge is 0.255 e. The molecule has 0 saturated carbocycles. The van der Waals surface area contributed by atoms with Crippen LogP contribution in [0.15, 0.2) is 84.0 Å². The van der Waals surface area contributed by atoms with Crippen LogP contribution in [-0.2, 0) is 19.2 Å². The zero-order chi connectivity index (χ0) is 30.1. The fourth-order valence-corrected chi connectivity index (χ4v) is 5.87. The Labute approximate surface area is 247 Å². The predicted octanol–water partition coefficient (Wildman–Crippen LogP) is 2.40. The van der Waals surface area contributed by atoms with Gasteiger partial charge in [-0.3, -0.25) is 24.0 Å². The molecule has 6 rings (SSSR count). The molecule has 2 saturated heterocycles. The Hall–Kier alpha value is -5.32. The number of hydrogen-bond donors (Lipinski definition) is 3. The summed E-state index contributed by atoms with van der Waals surface area (Å²) in [4.78, 5) is 71.1. The molecule has 1 unspecified atom stereocenters. The van der Waals surface area contributed by atoms with Gasteiger partial charge in [0.15, 0.2) is 11.4 Å². The van der Waals surface area contributed by atoms with Crippen LogP contribution in [0.2, 0.25) is 0 Å². The second-order valence-electron chi connectivity index (χ2n) is 11.0. The summed E-state index contributed by atoms with van der Waals surface area (Å²) in [6.45, 7) is 0.0398. The van der Waals surface area contributed by atoms with Crippen molar-refractivity contribution in [3.8, 4) is 0 Å². The van der Waals surface area contributed by atoms with Crippen molar-refractivity contribution in [2.24, 2.45) is 10.9 Å². The molecule has 3 aliphatic heterocycles. The minimum Gasteiger partial charge on any atom is -0.387 e. The number of nitrogens with zero attached hydrogens (tertiary/aromatic N) is 2. The molecule has 11 nitrogen and oxygen atoms in total. The number of nitrogens with one attached hydrogen (secondary N) is 2. The van der Waals surface area contributed by atoms with Crippen LogP contribution in [0.3, 0.4) is 0 Å². The molecular formula is C32H29N5O6. The highest BCUT2D eigenvalue weighted by atomic mass is 16.7. The van der Waals surface area contributed by atoms with E-state index in [9.17, 15) is 24.0 Å². The first-order chi connectivity index (χ1) is 20.7. The monoisotopic (exact) mass is 579 g/mol. The maximum atomic E-state index is 13.9. The minimum atomic E-state index is -0.990. The van der Waals surface area contributed by atoms with Crippen LogP contribution < -0.4 is 16.4 Å². The van der Waals surface area contributed by atoms with Gasteiger partial charge in [0.1, 0.15) is 12.1 Å². The third-order valence-corrected chi connectivity index (χ3v) is 8.04. The number of oxime groups is 1. The summed E-state index contributed by atoms with van der Waals surface area (Å²) < 4.78 is 0. The van der Waals surface area contributed by atoms with Crippen LogP contribution in [0, 0.1) is 0 Å². The average Bonchev–Trinajstić information content (AvgIpc) is 3.76. The molecule has 4 N–H and O–H groups in total. The van der Waals surface area contributed by atoms with Gasteiger partial charge in [0.2, 0.25) is 17.7 Å². The van der Waals surface area contributed by atoms with Crippen molar-refractivity contribution in [3.63, 3.8) is 0 Å². The van der Waals surface area contributed by atoms with E-state index in [0.717, 1.165) is 0 Å². The second kappa shape index (κ2) is 11.2. The first kappa shape index (κ1) is 27.8. The highest BCUT2D eigenvalue weighted by Gasteiger charge is 2.53. The van der Waals surface area contributed by atoms with E-state index in [1.807, 2.05) is 6.07 Å². The molecule has 218 valence electrons. The summed E-state index contributed by atoms with van der Waals surface area (Å²) in [5, 5.41) is 9.77. The van der Waals surface area contributed by atoms with E-state index in [2.05, 4.69) is 15.8 Å². The lowest BCUT2D eigenvalue weighted by atomic mass is 9.91. The lowest BCUT2D eigenvalue weighted by Crippen LogP contribution is -2.44. The standard InChI is InChI=1S/C32H29N5O6/c33-29(40)26-17-32(18-37(26)31(42)23-12-5-4-11-22(23)28(39)19-7-2-1-3-8-19)16-25(36-43-32)20-9-6-10-21(15-20)34-30(41)24-13-14-27(38)35-24/h1-12,15,24,26H,13-14,16-18H2,(H2,33,40)(H,34,41)(H,35,38)/t24-,26-,32?/m1/s1. The molecule has 0 radical (unpaired) electrons. The van der Waals surface area contributed by atoms with Gasteiger partial charge in [0.25, 0.3) is 5.91 Å². The van der Waals surface area contributed by atoms with Gasteiger partial charge in [-0.15, -0.1) is 0 Å². The van der Waals surface area contributed by atoms with E-state index in [1.54, 1.807) is 72.8 Å². The van der Waals surface area contributed by atoms with E-state index in [-0.39, 0.29) is 41.7 Å². The van der Waals surface area contributed by atoms with Gasteiger partial charge in [-0.25, -0.2) is 0 Å². The quantitative estimate of drug-likeness (QED) is 0.365. The molecule has 3 atom stereocenters. The number of hydrogen-bond acceptors (Lipinski definition) is 7. The molecule has 3 aromatic carbocycles. The average molecular weight is 580 g/mol. The fourth-order valence-electron chi connectivity index (χ4n) is 5.87. The molecule has 0 bridgehead atoms. The minimum absolute atomic E-state index is 0.0398. The number of benzene rings is 3. The number of primary amides is 1. The topological polar surface area (TPSA) is 160 Å². The van der Waals surface area contributed by atoms with Gasteiger partial charge >= 0.3 is 0 Å². The van der Waals surface area contributed by atoms with E-state index in [0.29, 0.717) is 41.8 Å². The SMILES string of the molecule is NC(=O)[C@H]1CC2(CC(c3cccc(NC(=O)[C@H]4CCC(=O)N4)c3)=NO2)CN1C(=O)c1ccccc1C(=O)c1ccccc1. The van der Waals surface area contributed by atoms with Crippen LogP contribution in [0.5, 0.6) is 0 Å². The largest absolute Gasteiger partial charge is 0.387 e. The first-order valence-electron chi connectivity index (χ1n) is 14.0. The molecule has 11 heteroatoms. The third-order valence-electron chi connectivity index (χ3n) is 8.04. The summed E-state index contributed by atoms with van der Waals surface area (Å²) >= 11 is 0. The van der Waals surface area contributed by atoms with Gasteiger partial charge < -0.3 is 26.1 Å².